The normalized spacial score (nSPS) is 13.5. The highest BCUT2D eigenvalue weighted by Gasteiger charge is 2.31. The number of carbonyl (C=O) groups excluding carboxylic acids is 4. The highest BCUT2D eigenvalue weighted by Crippen LogP contribution is 2.12. The lowest BCUT2D eigenvalue weighted by atomic mass is 10.00. The van der Waals surface area contributed by atoms with E-state index in [0.29, 0.717) is 19.3 Å². The highest BCUT2D eigenvalue weighted by molar-refractivity contribution is 5.93. The number of methoxy groups -OCH3 is 1. The number of aryl methyl sites for hydroxylation is 1. The Hall–Kier alpha value is -3.88. The second kappa shape index (κ2) is 15.6. The van der Waals surface area contributed by atoms with Gasteiger partial charge in [-0.15, -0.1) is 0 Å². The number of nitrogens with one attached hydrogen (secondary N) is 3. The molecular weight excluding hydrogens is 510 g/mol. The number of amides is 3. The third-order valence-corrected chi connectivity index (χ3v) is 6.00. The van der Waals surface area contributed by atoms with Crippen molar-refractivity contribution in [3.8, 4) is 0 Å². The largest absolute Gasteiger partial charge is 0.467 e. The molecule has 2 aromatic carbocycles. The predicted molar refractivity (Wildman–Crippen MR) is 153 cm³/mol. The Morgan fingerprint density at radius 2 is 1.27 bits per heavy atom. The maximum atomic E-state index is 13.5. The van der Waals surface area contributed by atoms with Crippen molar-refractivity contribution < 1.29 is 28.7 Å². The van der Waals surface area contributed by atoms with Crippen LogP contribution < -0.4 is 16.0 Å². The standard InChI is InChI=1S/C31H43N3O6/c1-21(2)19-25(28(36)33-26(29(37)39-6)20-23-15-11-8-12-16-23)32-27(35)24(34-30(38)40-31(3,4)5)18-17-22-13-9-7-10-14-22/h7-16,21,24-26H,17-20H2,1-6H3,(H,32,35)(H,33,36)(H,34,38)/t24-,25+,26-/m1/s1. The molecule has 0 fully saturated rings. The lowest BCUT2D eigenvalue weighted by molar-refractivity contribution is -0.145. The fourth-order valence-corrected chi connectivity index (χ4v) is 4.11. The maximum absolute atomic E-state index is 13.5. The van der Waals surface area contributed by atoms with E-state index < -0.39 is 47.6 Å². The first-order valence-corrected chi connectivity index (χ1v) is 13.6. The molecule has 0 saturated heterocycles. The van der Waals surface area contributed by atoms with Crippen molar-refractivity contribution in [1.29, 1.82) is 0 Å². The molecule has 0 spiro atoms. The molecule has 0 aliphatic heterocycles. The van der Waals surface area contributed by atoms with Gasteiger partial charge < -0.3 is 25.4 Å². The van der Waals surface area contributed by atoms with Gasteiger partial charge in [0.25, 0.3) is 0 Å². The molecule has 0 unspecified atom stereocenters. The van der Waals surface area contributed by atoms with Crippen molar-refractivity contribution in [2.24, 2.45) is 5.92 Å². The lowest BCUT2D eigenvalue weighted by Gasteiger charge is -2.27. The fraction of sp³-hybridized carbons (Fsp3) is 0.484. The van der Waals surface area contributed by atoms with Crippen molar-refractivity contribution in [3.63, 3.8) is 0 Å². The zero-order chi connectivity index (χ0) is 29.7. The first-order chi connectivity index (χ1) is 18.9. The van der Waals surface area contributed by atoms with Crippen LogP contribution in [0.5, 0.6) is 0 Å². The molecule has 40 heavy (non-hydrogen) atoms. The summed E-state index contributed by atoms with van der Waals surface area (Å²) < 4.78 is 10.3. The summed E-state index contributed by atoms with van der Waals surface area (Å²) in [5.41, 5.74) is 1.11. The summed E-state index contributed by atoms with van der Waals surface area (Å²) in [6.07, 6.45) is 0.663. The molecule has 2 rings (SSSR count). The van der Waals surface area contributed by atoms with Gasteiger partial charge in [-0.2, -0.15) is 0 Å². The summed E-state index contributed by atoms with van der Waals surface area (Å²) in [5, 5.41) is 8.22. The maximum Gasteiger partial charge on any atom is 0.408 e. The Bertz CT molecular complexity index is 1100. The molecule has 9 nitrogen and oxygen atoms in total. The molecule has 3 N–H and O–H groups in total. The number of rotatable bonds is 13. The van der Waals surface area contributed by atoms with Gasteiger partial charge >= 0.3 is 12.1 Å². The van der Waals surface area contributed by atoms with E-state index in [0.717, 1.165) is 11.1 Å². The second-order valence-electron chi connectivity index (χ2n) is 11.2. The average Bonchev–Trinajstić information content (AvgIpc) is 2.89. The topological polar surface area (TPSA) is 123 Å². The summed E-state index contributed by atoms with van der Waals surface area (Å²) in [7, 11) is 1.26. The van der Waals surface area contributed by atoms with Crippen LogP contribution in [0.25, 0.3) is 0 Å². The Morgan fingerprint density at radius 1 is 0.750 bits per heavy atom. The number of hydrogen-bond acceptors (Lipinski definition) is 6. The Balaban J connectivity index is 2.20. The zero-order valence-corrected chi connectivity index (χ0v) is 24.4. The van der Waals surface area contributed by atoms with Gasteiger partial charge in [0, 0.05) is 6.42 Å². The quantitative estimate of drug-likeness (QED) is 0.323. The molecule has 0 radical (unpaired) electrons. The number of alkyl carbamates (subject to hydrolysis) is 1. The average molecular weight is 554 g/mol. The molecule has 0 saturated carbocycles. The molecule has 218 valence electrons. The molecule has 0 bridgehead atoms. The Labute approximate surface area is 237 Å². The third-order valence-electron chi connectivity index (χ3n) is 6.00. The SMILES string of the molecule is COC(=O)[C@@H](Cc1ccccc1)NC(=O)[C@H](CC(C)C)NC(=O)[C@@H](CCc1ccccc1)NC(=O)OC(C)(C)C. The highest BCUT2D eigenvalue weighted by atomic mass is 16.6. The van der Waals surface area contributed by atoms with Gasteiger partial charge in [0.1, 0.15) is 23.7 Å². The van der Waals surface area contributed by atoms with Crippen LogP contribution in [0.1, 0.15) is 58.6 Å². The summed E-state index contributed by atoms with van der Waals surface area (Å²) in [6.45, 7) is 9.07. The van der Waals surface area contributed by atoms with E-state index in [1.165, 1.54) is 7.11 Å². The van der Waals surface area contributed by atoms with Gasteiger partial charge in [-0.1, -0.05) is 74.5 Å². The number of ether oxygens (including phenoxy) is 2. The molecule has 3 amide bonds. The molecule has 0 aliphatic rings. The minimum absolute atomic E-state index is 0.0586. The summed E-state index contributed by atoms with van der Waals surface area (Å²) in [4.78, 5) is 51.9. The van der Waals surface area contributed by atoms with E-state index in [9.17, 15) is 19.2 Å². The Kier molecular flexibility index (Phi) is 12.6. The van der Waals surface area contributed by atoms with E-state index in [-0.39, 0.29) is 12.3 Å². The molecule has 2 aromatic rings. The number of hydrogen-bond donors (Lipinski definition) is 3. The van der Waals surface area contributed by atoms with Crippen LogP contribution in [0.15, 0.2) is 60.7 Å². The number of benzene rings is 2. The first kappa shape index (κ1) is 32.3. The third kappa shape index (κ3) is 11.9. The first-order valence-electron chi connectivity index (χ1n) is 13.6. The van der Waals surface area contributed by atoms with Crippen LogP contribution in [0.4, 0.5) is 4.79 Å². The van der Waals surface area contributed by atoms with E-state index in [1.54, 1.807) is 20.8 Å². The van der Waals surface area contributed by atoms with E-state index >= 15 is 0 Å². The number of carbonyl (C=O) groups is 4. The monoisotopic (exact) mass is 553 g/mol. The van der Waals surface area contributed by atoms with E-state index in [4.69, 9.17) is 9.47 Å². The molecule has 9 heteroatoms. The molecule has 0 aromatic heterocycles. The van der Waals surface area contributed by atoms with Gasteiger partial charge in [-0.05, 0) is 57.1 Å². The van der Waals surface area contributed by atoms with Crippen molar-refractivity contribution in [2.45, 2.75) is 84.0 Å². The molecule has 3 atom stereocenters. The molecule has 0 heterocycles. The van der Waals surface area contributed by atoms with Crippen LogP contribution in [0.3, 0.4) is 0 Å². The van der Waals surface area contributed by atoms with Crippen LogP contribution in [0, 0.1) is 5.92 Å². The summed E-state index contributed by atoms with van der Waals surface area (Å²) in [5.74, 6) is -1.55. The lowest BCUT2D eigenvalue weighted by Crippen LogP contribution is -2.56. The predicted octanol–water partition coefficient (Wildman–Crippen LogP) is 3.94. The van der Waals surface area contributed by atoms with Crippen molar-refractivity contribution in [3.05, 3.63) is 71.8 Å². The summed E-state index contributed by atoms with van der Waals surface area (Å²) >= 11 is 0. The van der Waals surface area contributed by atoms with Crippen LogP contribution in [-0.2, 0) is 36.7 Å². The van der Waals surface area contributed by atoms with Crippen LogP contribution >= 0.6 is 0 Å². The van der Waals surface area contributed by atoms with Crippen LogP contribution in [-0.4, -0.2) is 54.7 Å². The van der Waals surface area contributed by atoms with E-state index in [1.807, 2.05) is 74.5 Å². The molecule has 0 aliphatic carbocycles. The van der Waals surface area contributed by atoms with Gasteiger partial charge in [0.05, 0.1) is 7.11 Å². The fourth-order valence-electron chi connectivity index (χ4n) is 4.11. The van der Waals surface area contributed by atoms with Gasteiger partial charge in [0.15, 0.2) is 0 Å². The number of esters is 1. The van der Waals surface area contributed by atoms with Gasteiger partial charge in [-0.3, -0.25) is 9.59 Å². The summed E-state index contributed by atoms with van der Waals surface area (Å²) in [6, 6.07) is 16.1. The van der Waals surface area contributed by atoms with E-state index in [2.05, 4.69) is 16.0 Å². The zero-order valence-electron chi connectivity index (χ0n) is 24.4. The smallest absolute Gasteiger partial charge is 0.408 e. The van der Waals surface area contributed by atoms with Crippen molar-refractivity contribution in [1.82, 2.24) is 16.0 Å². The Morgan fingerprint density at radius 3 is 1.80 bits per heavy atom. The second-order valence-corrected chi connectivity index (χ2v) is 11.2. The van der Waals surface area contributed by atoms with Crippen molar-refractivity contribution in [2.75, 3.05) is 7.11 Å². The van der Waals surface area contributed by atoms with Gasteiger partial charge in [0.2, 0.25) is 11.8 Å². The van der Waals surface area contributed by atoms with Crippen LogP contribution in [0.2, 0.25) is 0 Å². The minimum atomic E-state index is -0.946. The molecular formula is C31H43N3O6. The van der Waals surface area contributed by atoms with Crippen molar-refractivity contribution >= 4 is 23.9 Å². The van der Waals surface area contributed by atoms with Gasteiger partial charge in [-0.25, -0.2) is 9.59 Å². The minimum Gasteiger partial charge on any atom is -0.467 e.